The van der Waals surface area contributed by atoms with E-state index in [0.29, 0.717) is 0 Å². The van der Waals surface area contributed by atoms with Crippen LogP contribution in [0, 0.1) is 10.1 Å². The molecule has 0 atom stereocenters. The molecule has 1 heterocycles. The largest absolute Gasteiger partial charge is 0.380 e. The van der Waals surface area contributed by atoms with Crippen LogP contribution in [0.25, 0.3) is 0 Å². The molecular weight excluding hydrogens is 376 g/mol. The topological polar surface area (TPSA) is 147 Å². The van der Waals surface area contributed by atoms with Crippen LogP contribution < -0.4 is 10.6 Å². The first kappa shape index (κ1) is 21.1. The number of nitro groups is 1. The summed E-state index contributed by atoms with van der Waals surface area (Å²) >= 11 is 0. The van der Waals surface area contributed by atoms with Crippen LogP contribution in [0.5, 0.6) is 0 Å². The van der Waals surface area contributed by atoms with Gasteiger partial charge in [-0.15, -0.1) is 0 Å². The highest BCUT2D eigenvalue weighted by molar-refractivity contribution is 7.89. The van der Waals surface area contributed by atoms with Gasteiger partial charge in [-0.1, -0.05) is 13.8 Å². The number of nitrogens with zero attached hydrogens (tertiary/aromatic N) is 3. The number of aliphatic hydroxyl groups is 1. The van der Waals surface area contributed by atoms with Crippen molar-refractivity contribution >= 4 is 27.3 Å². The monoisotopic (exact) mass is 400 g/mol. The maximum absolute atomic E-state index is 12.6. The average molecular weight is 400 g/mol. The molecule has 150 valence electrons. The fourth-order valence-corrected chi connectivity index (χ4v) is 4.63. The van der Waals surface area contributed by atoms with Crippen molar-refractivity contribution in [2.75, 3.05) is 31.1 Å². The Labute approximate surface area is 157 Å². The van der Waals surface area contributed by atoms with Gasteiger partial charge in [-0.25, -0.2) is 8.42 Å². The van der Waals surface area contributed by atoms with Gasteiger partial charge in [0.1, 0.15) is 11.3 Å². The molecule has 2 rings (SSSR count). The van der Waals surface area contributed by atoms with Crippen LogP contribution in [-0.2, 0) is 14.8 Å². The van der Waals surface area contributed by atoms with Crippen molar-refractivity contribution in [2.24, 2.45) is 5.73 Å². The van der Waals surface area contributed by atoms with Gasteiger partial charge in [0.05, 0.1) is 9.82 Å². The molecule has 1 aliphatic rings. The third kappa shape index (κ3) is 4.04. The number of anilines is 1. The molecule has 1 aliphatic heterocycles. The van der Waals surface area contributed by atoms with E-state index < -0.39 is 26.5 Å². The third-order valence-electron chi connectivity index (χ3n) is 4.88. The summed E-state index contributed by atoms with van der Waals surface area (Å²) in [5, 5.41) is 21.7. The maximum atomic E-state index is 12.6. The number of rotatable bonds is 7. The predicted molar refractivity (Wildman–Crippen MR) is 98.8 cm³/mol. The number of nitro benzene ring substituents is 1. The minimum absolute atomic E-state index is 0.0407. The van der Waals surface area contributed by atoms with Gasteiger partial charge in [0.2, 0.25) is 15.9 Å². The van der Waals surface area contributed by atoms with E-state index >= 15 is 0 Å². The van der Waals surface area contributed by atoms with E-state index in [9.17, 15) is 28.4 Å². The number of sulfonamides is 1. The van der Waals surface area contributed by atoms with Gasteiger partial charge in [0, 0.05) is 45.1 Å². The molecule has 27 heavy (non-hydrogen) atoms. The van der Waals surface area contributed by atoms with E-state index in [0.717, 1.165) is 6.07 Å². The summed E-state index contributed by atoms with van der Waals surface area (Å²) in [5.41, 5.74) is 3.47. The van der Waals surface area contributed by atoms with Gasteiger partial charge in [-0.3, -0.25) is 14.9 Å². The smallest absolute Gasteiger partial charge is 0.293 e. The second-order valence-corrected chi connectivity index (χ2v) is 8.32. The first-order valence-corrected chi connectivity index (χ1v) is 10.1. The Balaban J connectivity index is 2.38. The number of piperidine rings is 1. The molecule has 1 fully saturated rings. The summed E-state index contributed by atoms with van der Waals surface area (Å²) in [7, 11) is -3.83. The Morgan fingerprint density at radius 1 is 1.33 bits per heavy atom. The van der Waals surface area contributed by atoms with Crippen molar-refractivity contribution < 1.29 is 23.2 Å². The lowest BCUT2D eigenvalue weighted by molar-refractivity contribution is -0.384. The van der Waals surface area contributed by atoms with Gasteiger partial charge in [0.25, 0.3) is 5.69 Å². The number of primary amides is 1. The first-order valence-electron chi connectivity index (χ1n) is 8.62. The number of benzene rings is 1. The molecule has 0 aromatic heterocycles. The van der Waals surface area contributed by atoms with E-state index in [4.69, 9.17) is 5.73 Å². The molecule has 1 aromatic rings. The Bertz CT molecular complexity index is 829. The Kier molecular flexibility index (Phi) is 6.07. The number of hydrogen-bond donors (Lipinski definition) is 2. The van der Waals surface area contributed by atoms with Crippen LogP contribution in [-0.4, -0.2) is 60.4 Å². The normalized spacial score (nSPS) is 17.1. The summed E-state index contributed by atoms with van der Waals surface area (Å²) in [6.45, 7) is 4.26. The minimum atomic E-state index is -3.83. The fraction of sp³-hybridized carbons (Fsp3) is 0.562. The average Bonchev–Trinajstić information content (AvgIpc) is 2.62. The lowest BCUT2D eigenvalue weighted by Crippen LogP contribution is -2.52. The van der Waals surface area contributed by atoms with E-state index in [2.05, 4.69) is 0 Å². The second-order valence-electron chi connectivity index (χ2n) is 6.38. The number of amides is 1. The van der Waals surface area contributed by atoms with Crippen molar-refractivity contribution in [3.05, 3.63) is 28.3 Å². The number of carbonyl (C=O) groups excluding carboxylic acids is 1. The Hall–Kier alpha value is -2.24. The zero-order valence-corrected chi connectivity index (χ0v) is 16.1. The molecule has 1 aromatic carbocycles. The Morgan fingerprint density at radius 2 is 1.89 bits per heavy atom. The predicted octanol–water partition coefficient (Wildman–Crippen LogP) is 0.442. The van der Waals surface area contributed by atoms with Crippen LogP contribution in [0.3, 0.4) is 0 Å². The van der Waals surface area contributed by atoms with Crippen molar-refractivity contribution in [2.45, 2.75) is 37.2 Å². The molecule has 11 heteroatoms. The van der Waals surface area contributed by atoms with E-state index in [1.54, 1.807) is 18.7 Å². The van der Waals surface area contributed by atoms with Crippen molar-refractivity contribution in [1.29, 1.82) is 0 Å². The molecule has 0 saturated carbocycles. The highest BCUT2D eigenvalue weighted by Gasteiger charge is 2.39. The van der Waals surface area contributed by atoms with E-state index in [1.807, 2.05) is 0 Å². The summed E-state index contributed by atoms with van der Waals surface area (Å²) < 4.78 is 26.5. The fourth-order valence-electron chi connectivity index (χ4n) is 3.15. The molecule has 0 spiro atoms. The van der Waals surface area contributed by atoms with Gasteiger partial charge >= 0.3 is 0 Å². The van der Waals surface area contributed by atoms with Gasteiger partial charge < -0.3 is 15.7 Å². The summed E-state index contributed by atoms with van der Waals surface area (Å²) in [5.74, 6) is -0.822. The molecule has 3 N–H and O–H groups in total. The van der Waals surface area contributed by atoms with Gasteiger partial charge in [-0.05, 0) is 12.1 Å². The first-order chi connectivity index (χ1) is 12.6. The maximum Gasteiger partial charge on any atom is 0.293 e. The number of nitrogens with two attached hydrogens (primary N) is 1. The molecule has 0 aliphatic carbocycles. The summed E-state index contributed by atoms with van der Waals surface area (Å²) in [6, 6.07) is 3.78. The van der Waals surface area contributed by atoms with Crippen LogP contribution in [0.15, 0.2) is 23.1 Å². The molecular formula is C16H24N4O6S. The number of hydrogen-bond acceptors (Lipinski definition) is 7. The molecule has 0 unspecified atom stereocenters. The van der Waals surface area contributed by atoms with Crippen LogP contribution in [0.1, 0.15) is 26.7 Å². The highest BCUT2D eigenvalue weighted by atomic mass is 32.2. The molecule has 1 amide bonds. The quantitative estimate of drug-likeness (QED) is 0.498. The lowest BCUT2D eigenvalue weighted by Gasteiger charge is -2.37. The molecule has 10 nitrogen and oxygen atoms in total. The van der Waals surface area contributed by atoms with E-state index in [1.165, 1.54) is 16.4 Å². The SMILES string of the molecule is CCN(CC)S(=O)(=O)c1ccc(N2CCC(O)(C(N)=O)CC2)c([N+](=O)[O-])c1. The van der Waals surface area contributed by atoms with E-state index in [-0.39, 0.29) is 55.3 Å². The van der Waals surface area contributed by atoms with Gasteiger partial charge in [-0.2, -0.15) is 4.31 Å². The zero-order valence-electron chi connectivity index (χ0n) is 15.3. The van der Waals surface area contributed by atoms with Crippen molar-refractivity contribution in [3.63, 3.8) is 0 Å². The van der Waals surface area contributed by atoms with Crippen molar-refractivity contribution in [1.82, 2.24) is 4.31 Å². The van der Waals surface area contributed by atoms with Crippen LogP contribution >= 0.6 is 0 Å². The molecule has 0 radical (unpaired) electrons. The zero-order chi connectivity index (χ0) is 20.4. The van der Waals surface area contributed by atoms with Gasteiger partial charge in [0.15, 0.2) is 0 Å². The third-order valence-corrected chi connectivity index (χ3v) is 6.92. The number of carbonyl (C=O) groups is 1. The molecule has 0 bridgehead atoms. The van der Waals surface area contributed by atoms with Crippen LogP contribution in [0.2, 0.25) is 0 Å². The lowest BCUT2D eigenvalue weighted by atomic mass is 9.90. The van der Waals surface area contributed by atoms with Crippen LogP contribution in [0.4, 0.5) is 11.4 Å². The standard InChI is InChI=1S/C16H24N4O6S/c1-3-19(4-2)27(25,26)12-5-6-13(14(11-12)20(23)24)18-9-7-16(22,8-10-18)15(17)21/h5-6,11,22H,3-4,7-10H2,1-2H3,(H2,17,21). The summed E-state index contributed by atoms with van der Waals surface area (Å²) in [4.78, 5) is 23.7. The molecule has 1 saturated heterocycles. The minimum Gasteiger partial charge on any atom is -0.380 e. The Morgan fingerprint density at radius 3 is 2.33 bits per heavy atom. The summed E-state index contributed by atoms with van der Waals surface area (Å²) in [6.07, 6.45) is 0.0813. The highest BCUT2D eigenvalue weighted by Crippen LogP contribution is 2.35. The second kappa shape index (κ2) is 7.79. The van der Waals surface area contributed by atoms with Crippen molar-refractivity contribution in [3.8, 4) is 0 Å².